The quantitative estimate of drug-likeness (QED) is 0.837. The van der Waals surface area contributed by atoms with E-state index in [4.69, 9.17) is 17.3 Å². The van der Waals surface area contributed by atoms with Gasteiger partial charge in [0.25, 0.3) is 0 Å². The van der Waals surface area contributed by atoms with E-state index in [1.54, 1.807) is 0 Å². The molecule has 1 atom stereocenters. The van der Waals surface area contributed by atoms with Crippen LogP contribution in [0, 0.1) is 0 Å². The first kappa shape index (κ1) is 16.4. The number of aromatic nitrogens is 1. The summed E-state index contributed by atoms with van der Waals surface area (Å²) in [5.41, 5.74) is 8.30. The van der Waals surface area contributed by atoms with E-state index in [1.807, 2.05) is 42.6 Å². The summed E-state index contributed by atoms with van der Waals surface area (Å²) in [4.78, 5) is 6.55. The van der Waals surface area contributed by atoms with Crippen LogP contribution in [0.4, 0.5) is 0 Å². The second-order valence-corrected chi connectivity index (χ2v) is 6.44. The molecule has 1 heterocycles. The lowest BCUT2D eigenvalue weighted by atomic mass is 10.0. The van der Waals surface area contributed by atoms with Crippen molar-refractivity contribution < 1.29 is 0 Å². The molecule has 1 aromatic heterocycles. The van der Waals surface area contributed by atoms with Crippen molar-refractivity contribution in [2.24, 2.45) is 5.73 Å². The Labute approximate surface area is 139 Å². The van der Waals surface area contributed by atoms with Crippen molar-refractivity contribution in [3.63, 3.8) is 0 Å². The van der Waals surface area contributed by atoms with E-state index in [-0.39, 0.29) is 6.04 Å². The Bertz CT molecular complexity index is 577. The largest absolute Gasteiger partial charge is 0.324 e. The van der Waals surface area contributed by atoms with Crippen LogP contribution in [0.5, 0.6) is 0 Å². The predicted octanol–water partition coefficient (Wildman–Crippen LogP) is 4.02. The van der Waals surface area contributed by atoms with E-state index in [0.717, 1.165) is 35.2 Å². The molecule has 0 aliphatic heterocycles. The van der Waals surface area contributed by atoms with Gasteiger partial charge in [0, 0.05) is 34.8 Å². The zero-order valence-electron chi connectivity index (χ0n) is 12.0. The fraction of sp³-hybridized carbons (Fsp3) is 0.312. The van der Waals surface area contributed by atoms with E-state index in [9.17, 15) is 0 Å². The van der Waals surface area contributed by atoms with Gasteiger partial charge in [-0.25, -0.2) is 0 Å². The highest BCUT2D eigenvalue weighted by Crippen LogP contribution is 2.27. The van der Waals surface area contributed by atoms with E-state index in [1.165, 1.54) is 0 Å². The van der Waals surface area contributed by atoms with E-state index in [0.29, 0.717) is 5.02 Å². The van der Waals surface area contributed by atoms with Gasteiger partial charge in [-0.2, -0.15) is 0 Å². The highest BCUT2D eigenvalue weighted by molar-refractivity contribution is 9.10. The summed E-state index contributed by atoms with van der Waals surface area (Å²) in [5, 5.41) is 0.712. The summed E-state index contributed by atoms with van der Waals surface area (Å²) >= 11 is 9.64. The molecular weight excluding hydrogens is 350 g/mol. The van der Waals surface area contributed by atoms with E-state index in [2.05, 4.69) is 32.9 Å². The second kappa shape index (κ2) is 7.90. The van der Waals surface area contributed by atoms with Gasteiger partial charge in [0.15, 0.2) is 0 Å². The molecule has 1 aromatic carbocycles. The number of hydrogen-bond acceptors (Lipinski definition) is 3. The normalized spacial score (nSPS) is 12.6. The minimum absolute atomic E-state index is 0.0585. The molecule has 0 saturated heterocycles. The lowest BCUT2D eigenvalue weighted by Gasteiger charge is -2.20. The van der Waals surface area contributed by atoms with Gasteiger partial charge in [-0.1, -0.05) is 39.7 Å². The van der Waals surface area contributed by atoms with Gasteiger partial charge in [0.1, 0.15) is 0 Å². The third-order valence-electron chi connectivity index (χ3n) is 3.34. The Balaban J connectivity index is 1.87. The van der Waals surface area contributed by atoms with E-state index >= 15 is 0 Å². The molecule has 112 valence electrons. The monoisotopic (exact) mass is 367 g/mol. The first-order valence-electron chi connectivity index (χ1n) is 6.85. The van der Waals surface area contributed by atoms with Crippen LogP contribution >= 0.6 is 27.5 Å². The summed E-state index contributed by atoms with van der Waals surface area (Å²) < 4.78 is 0.968. The Kier molecular flexibility index (Phi) is 6.18. The van der Waals surface area contributed by atoms with Crippen LogP contribution in [-0.4, -0.2) is 23.5 Å². The average molecular weight is 369 g/mol. The molecule has 2 N–H and O–H groups in total. The van der Waals surface area contributed by atoms with Crippen LogP contribution in [0.25, 0.3) is 0 Å². The van der Waals surface area contributed by atoms with Crippen LogP contribution in [0.15, 0.2) is 47.1 Å². The van der Waals surface area contributed by atoms with Gasteiger partial charge in [-0.05, 0) is 43.3 Å². The molecule has 21 heavy (non-hydrogen) atoms. The van der Waals surface area contributed by atoms with Gasteiger partial charge in [0.05, 0.1) is 5.69 Å². The lowest BCUT2D eigenvalue weighted by Crippen LogP contribution is -2.24. The third kappa shape index (κ3) is 5.08. The zero-order valence-corrected chi connectivity index (χ0v) is 14.3. The Morgan fingerprint density at radius 2 is 2.14 bits per heavy atom. The van der Waals surface area contributed by atoms with Crippen molar-refractivity contribution in [1.29, 1.82) is 0 Å². The van der Waals surface area contributed by atoms with Crippen molar-refractivity contribution in [2.75, 3.05) is 13.6 Å². The summed E-state index contributed by atoms with van der Waals surface area (Å²) in [5.74, 6) is 0. The smallest absolute Gasteiger partial charge is 0.0543 e. The van der Waals surface area contributed by atoms with Gasteiger partial charge < -0.3 is 10.6 Å². The fourth-order valence-corrected chi connectivity index (χ4v) is 2.98. The summed E-state index contributed by atoms with van der Waals surface area (Å²) in [6.07, 6.45) is 2.67. The molecule has 3 nitrogen and oxygen atoms in total. The summed E-state index contributed by atoms with van der Waals surface area (Å²) in [6, 6.07) is 11.7. The number of hydrogen-bond donors (Lipinski definition) is 1. The molecule has 0 saturated carbocycles. The summed E-state index contributed by atoms with van der Waals surface area (Å²) in [7, 11) is 2.07. The molecule has 0 amide bonds. The van der Waals surface area contributed by atoms with Gasteiger partial charge in [-0.15, -0.1) is 0 Å². The maximum absolute atomic E-state index is 6.25. The first-order chi connectivity index (χ1) is 10.1. The topological polar surface area (TPSA) is 42.1 Å². The van der Waals surface area contributed by atoms with Crippen LogP contribution in [0.2, 0.25) is 5.02 Å². The number of benzene rings is 1. The van der Waals surface area contributed by atoms with Crippen molar-refractivity contribution in [2.45, 2.75) is 19.0 Å². The molecule has 0 aliphatic rings. The Morgan fingerprint density at radius 1 is 1.33 bits per heavy atom. The number of pyridine rings is 1. The van der Waals surface area contributed by atoms with Crippen molar-refractivity contribution in [3.8, 4) is 0 Å². The molecule has 5 heteroatoms. The van der Waals surface area contributed by atoms with Crippen LogP contribution in [-0.2, 0) is 6.54 Å². The third-order valence-corrected chi connectivity index (χ3v) is 4.16. The SMILES string of the molecule is CN(CCC(N)c1ccc(Br)cc1Cl)Cc1ccccn1. The number of nitrogens with zero attached hydrogens (tertiary/aromatic N) is 2. The van der Waals surface area contributed by atoms with Gasteiger partial charge >= 0.3 is 0 Å². The first-order valence-corrected chi connectivity index (χ1v) is 8.02. The molecule has 0 radical (unpaired) electrons. The summed E-state index contributed by atoms with van der Waals surface area (Å²) in [6.45, 7) is 1.71. The Morgan fingerprint density at radius 3 is 2.81 bits per heavy atom. The highest BCUT2D eigenvalue weighted by atomic mass is 79.9. The van der Waals surface area contributed by atoms with Crippen molar-refractivity contribution in [3.05, 3.63) is 63.3 Å². The maximum atomic E-state index is 6.25. The van der Waals surface area contributed by atoms with Crippen LogP contribution in [0.1, 0.15) is 23.7 Å². The molecule has 0 bridgehead atoms. The van der Waals surface area contributed by atoms with Gasteiger partial charge in [-0.3, -0.25) is 4.98 Å². The molecule has 0 fully saturated rings. The lowest BCUT2D eigenvalue weighted by molar-refractivity contribution is 0.308. The number of halogens is 2. The molecule has 2 rings (SSSR count). The van der Waals surface area contributed by atoms with Crippen LogP contribution in [0.3, 0.4) is 0 Å². The molecule has 0 aliphatic carbocycles. The second-order valence-electron chi connectivity index (χ2n) is 5.12. The minimum Gasteiger partial charge on any atom is -0.324 e. The Hall–Kier alpha value is -0.940. The van der Waals surface area contributed by atoms with Gasteiger partial charge in [0.2, 0.25) is 0 Å². The standard InChI is InChI=1S/C16H19BrClN3/c1-21(11-13-4-2-3-8-20-13)9-7-16(19)14-6-5-12(17)10-15(14)18/h2-6,8,10,16H,7,9,11,19H2,1H3. The van der Waals surface area contributed by atoms with Crippen molar-refractivity contribution >= 4 is 27.5 Å². The fourth-order valence-electron chi connectivity index (χ4n) is 2.16. The predicted molar refractivity (Wildman–Crippen MR) is 91.3 cm³/mol. The number of rotatable bonds is 6. The van der Waals surface area contributed by atoms with Crippen molar-refractivity contribution in [1.82, 2.24) is 9.88 Å². The minimum atomic E-state index is -0.0585. The average Bonchev–Trinajstić information content (AvgIpc) is 2.46. The highest BCUT2D eigenvalue weighted by Gasteiger charge is 2.12. The molecule has 2 aromatic rings. The molecule has 0 spiro atoms. The number of nitrogens with two attached hydrogens (primary N) is 1. The van der Waals surface area contributed by atoms with E-state index < -0.39 is 0 Å². The van der Waals surface area contributed by atoms with Crippen LogP contribution < -0.4 is 5.73 Å². The molecule has 1 unspecified atom stereocenters. The zero-order chi connectivity index (χ0) is 15.2. The molecular formula is C16H19BrClN3. The maximum Gasteiger partial charge on any atom is 0.0543 e.